The Hall–Kier alpha value is -4.53. The highest BCUT2D eigenvalue weighted by Gasteiger charge is 2.28. The average molecular weight is 486 g/mol. The van der Waals surface area contributed by atoms with Crippen LogP contribution >= 0.6 is 0 Å². The summed E-state index contributed by atoms with van der Waals surface area (Å²) in [6, 6.07) is 22.2. The number of hydrogen-bond donors (Lipinski definition) is 0. The molecule has 0 saturated heterocycles. The normalized spacial score (nSPS) is 11.8. The number of amides is 1. The number of esters is 1. The number of rotatable bonds is 8. The van der Waals surface area contributed by atoms with Gasteiger partial charge in [0.15, 0.2) is 18.1 Å². The quantitative estimate of drug-likeness (QED) is 0.271. The van der Waals surface area contributed by atoms with Crippen molar-refractivity contribution in [3.63, 3.8) is 0 Å². The van der Waals surface area contributed by atoms with Crippen molar-refractivity contribution < 1.29 is 18.7 Å². The van der Waals surface area contributed by atoms with Crippen LogP contribution in [0.4, 0.5) is 0 Å². The van der Waals surface area contributed by atoms with Crippen LogP contribution in [-0.4, -0.2) is 49.1 Å². The third kappa shape index (κ3) is 5.93. The van der Waals surface area contributed by atoms with Gasteiger partial charge in [0.25, 0.3) is 5.91 Å². The Morgan fingerprint density at radius 1 is 1.00 bits per heavy atom. The second kappa shape index (κ2) is 10.8. The van der Waals surface area contributed by atoms with Crippen LogP contribution in [0.2, 0.25) is 0 Å². The number of ether oxygens (including phenoxy) is 1. The fraction of sp³-hybridized carbons (Fsp3) is 0.222. The van der Waals surface area contributed by atoms with E-state index in [-0.39, 0.29) is 11.6 Å². The molecule has 184 valence electrons. The molecule has 0 N–H and O–H groups in total. The van der Waals surface area contributed by atoms with E-state index in [0.29, 0.717) is 23.7 Å². The molecule has 9 heteroatoms. The standard InChI is InChI=1S/C27H27N5O4/c1-27(2,3)31(18-20-11-6-4-7-12-20)24(33)19-36-26(34)23(17-22-15-10-16-35-22)32-25(28-29-30-32)21-13-8-5-9-14-21/h4-17H,18-19H2,1-3H3. The number of tetrazole rings is 1. The third-order valence-electron chi connectivity index (χ3n) is 5.38. The van der Waals surface area contributed by atoms with E-state index in [2.05, 4.69) is 15.5 Å². The Bertz CT molecular complexity index is 1320. The van der Waals surface area contributed by atoms with Crippen molar-refractivity contribution in [2.24, 2.45) is 0 Å². The SMILES string of the molecule is CC(C)(C)N(Cc1ccccc1)C(=O)COC(=O)C(=Cc1ccco1)n1nnnc1-c1ccccc1. The van der Waals surface area contributed by atoms with Crippen molar-refractivity contribution >= 4 is 23.6 Å². The molecule has 0 spiro atoms. The fourth-order valence-electron chi connectivity index (χ4n) is 3.58. The summed E-state index contributed by atoms with van der Waals surface area (Å²) < 4.78 is 12.2. The van der Waals surface area contributed by atoms with Gasteiger partial charge >= 0.3 is 5.97 Å². The zero-order valence-corrected chi connectivity index (χ0v) is 20.4. The molecule has 1 amide bonds. The van der Waals surface area contributed by atoms with E-state index in [1.165, 1.54) is 17.0 Å². The highest BCUT2D eigenvalue weighted by atomic mass is 16.5. The summed E-state index contributed by atoms with van der Waals surface area (Å²) in [6.45, 7) is 5.75. The van der Waals surface area contributed by atoms with Crippen molar-refractivity contribution in [3.8, 4) is 11.4 Å². The Morgan fingerprint density at radius 3 is 2.33 bits per heavy atom. The smallest absolute Gasteiger partial charge is 0.357 e. The molecular weight excluding hydrogens is 458 g/mol. The number of carbonyl (C=O) groups is 2. The van der Waals surface area contributed by atoms with Gasteiger partial charge in [-0.25, -0.2) is 4.79 Å². The Kier molecular flexibility index (Phi) is 7.39. The molecule has 0 radical (unpaired) electrons. The second-order valence-corrected chi connectivity index (χ2v) is 9.04. The van der Waals surface area contributed by atoms with Gasteiger partial charge in [-0.05, 0) is 48.9 Å². The molecule has 4 aromatic rings. The molecule has 2 aromatic carbocycles. The molecule has 2 heterocycles. The lowest BCUT2D eigenvalue weighted by Crippen LogP contribution is -2.46. The van der Waals surface area contributed by atoms with E-state index >= 15 is 0 Å². The first kappa shape index (κ1) is 24.6. The first-order valence-electron chi connectivity index (χ1n) is 11.4. The first-order valence-corrected chi connectivity index (χ1v) is 11.4. The first-order chi connectivity index (χ1) is 17.3. The minimum absolute atomic E-state index is 0.00645. The summed E-state index contributed by atoms with van der Waals surface area (Å²) in [5, 5.41) is 11.8. The molecule has 0 saturated carbocycles. The summed E-state index contributed by atoms with van der Waals surface area (Å²) in [4.78, 5) is 28.1. The lowest BCUT2D eigenvalue weighted by molar-refractivity contribution is -0.151. The molecule has 0 atom stereocenters. The molecule has 4 rings (SSSR count). The van der Waals surface area contributed by atoms with Gasteiger partial charge in [0.2, 0.25) is 0 Å². The van der Waals surface area contributed by atoms with Gasteiger partial charge in [-0.15, -0.1) is 5.10 Å². The molecule has 0 fully saturated rings. The van der Waals surface area contributed by atoms with Crippen LogP contribution in [0.1, 0.15) is 32.1 Å². The summed E-state index contributed by atoms with van der Waals surface area (Å²) in [6.07, 6.45) is 2.96. The predicted molar refractivity (Wildman–Crippen MR) is 134 cm³/mol. The summed E-state index contributed by atoms with van der Waals surface area (Å²) in [5.74, 6) is -0.338. The molecule has 9 nitrogen and oxygen atoms in total. The zero-order chi connectivity index (χ0) is 25.5. The van der Waals surface area contributed by atoms with E-state index in [4.69, 9.17) is 9.15 Å². The van der Waals surface area contributed by atoms with Gasteiger partial charge in [0, 0.05) is 23.7 Å². The van der Waals surface area contributed by atoms with E-state index in [1.54, 1.807) is 17.0 Å². The molecule has 2 aromatic heterocycles. The summed E-state index contributed by atoms with van der Waals surface area (Å²) in [7, 11) is 0. The number of hydrogen-bond acceptors (Lipinski definition) is 7. The Morgan fingerprint density at radius 2 is 1.69 bits per heavy atom. The summed E-state index contributed by atoms with van der Waals surface area (Å²) >= 11 is 0. The number of furan rings is 1. The minimum atomic E-state index is -0.766. The molecule has 36 heavy (non-hydrogen) atoms. The van der Waals surface area contributed by atoms with Gasteiger partial charge in [-0.1, -0.05) is 60.7 Å². The highest BCUT2D eigenvalue weighted by Crippen LogP contribution is 2.22. The molecule has 0 aliphatic heterocycles. The lowest BCUT2D eigenvalue weighted by Gasteiger charge is -2.35. The predicted octanol–water partition coefficient (Wildman–Crippen LogP) is 4.30. The Labute approximate surface area is 209 Å². The van der Waals surface area contributed by atoms with Crippen LogP contribution in [0.5, 0.6) is 0 Å². The van der Waals surface area contributed by atoms with E-state index in [0.717, 1.165) is 5.56 Å². The maximum atomic E-state index is 13.3. The maximum Gasteiger partial charge on any atom is 0.357 e. The van der Waals surface area contributed by atoms with E-state index < -0.39 is 18.1 Å². The van der Waals surface area contributed by atoms with Crippen LogP contribution in [0, 0.1) is 0 Å². The average Bonchev–Trinajstić information content (AvgIpc) is 3.57. The van der Waals surface area contributed by atoms with Crippen LogP contribution in [0.25, 0.3) is 23.2 Å². The number of nitrogens with zero attached hydrogens (tertiary/aromatic N) is 5. The maximum absolute atomic E-state index is 13.3. The van der Waals surface area contributed by atoms with Crippen molar-refractivity contribution in [3.05, 3.63) is 90.4 Å². The minimum Gasteiger partial charge on any atom is -0.465 e. The zero-order valence-electron chi connectivity index (χ0n) is 20.4. The largest absolute Gasteiger partial charge is 0.465 e. The van der Waals surface area contributed by atoms with Crippen LogP contribution in [-0.2, 0) is 20.9 Å². The van der Waals surface area contributed by atoms with E-state index in [1.807, 2.05) is 81.4 Å². The second-order valence-electron chi connectivity index (χ2n) is 9.04. The summed E-state index contributed by atoms with van der Waals surface area (Å²) in [5.41, 5.74) is 1.21. The molecular formula is C27H27N5O4. The van der Waals surface area contributed by atoms with Gasteiger partial charge in [0.1, 0.15) is 5.76 Å². The van der Waals surface area contributed by atoms with Crippen molar-refractivity contribution in [1.82, 2.24) is 25.1 Å². The van der Waals surface area contributed by atoms with Crippen molar-refractivity contribution in [2.75, 3.05) is 6.61 Å². The Balaban J connectivity index is 1.57. The highest BCUT2D eigenvalue weighted by molar-refractivity contribution is 6.15. The van der Waals surface area contributed by atoms with Gasteiger partial charge in [-0.3, -0.25) is 4.79 Å². The molecule has 0 unspecified atom stereocenters. The number of benzene rings is 2. The van der Waals surface area contributed by atoms with Crippen molar-refractivity contribution in [2.45, 2.75) is 32.9 Å². The fourth-order valence-corrected chi connectivity index (χ4v) is 3.58. The molecule has 0 bridgehead atoms. The lowest BCUT2D eigenvalue weighted by atomic mass is 10.0. The monoisotopic (exact) mass is 485 g/mol. The van der Waals surface area contributed by atoms with Crippen molar-refractivity contribution in [1.29, 1.82) is 0 Å². The van der Waals surface area contributed by atoms with Crippen LogP contribution in [0.15, 0.2) is 83.5 Å². The third-order valence-corrected chi connectivity index (χ3v) is 5.38. The van der Waals surface area contributed by atoms with Gasteiger partial charge in [-0.2, -0.15) is 4.68 Å². The molecule has 0 aliphatic rings. The van der Waals surface area contributed by atoms with Crippen LogP contribution in [0.3, 0.4) is 0 Å². The van der Waals surface area contributed by atoms with Gasteiger partial charge < -0.3 is 14.1 Å². The number of aromatic nitrogens is 4. The van der Waals surface area contributed by atoms with Crippen LogP contribution < -0.4 is 0 Å². The number of carbonyl (C=O) groups excluding carboxylic acids is 2. The van der Waals surface area contributed by atoms with E-state index in [9.17, 15) is 9.59 Å². The van der Waals surface area contributed by atoms with Gasteiger partial charge in [0.05, 0.1) is 6.26 Å². The topological polar surface area (TPSA) is 103 Å². The molecule has 0 aliphatic carbocycles.